The van der Waals surface area contributed by atoms with Crippen LogP contribution >= 0.6 is 0 Å². The van der Waals surface area contributed by atoms with Crippen molar-refractivity contribution in [1.29, 1.82) is 0 Å². The minimum Gasteiger partial charge on any atom is -0.457 e. The van der Waals surface area contributed by atoms with Gasteiger partial charge in [0, 0.05) is 0 Å². The van der Waals surface area contributed by atoms with Gasteiger partial charge in [-0.1, -0.05) is 12.1 Å². The molecule has 0 bridgehead atoms. The summed E-state index contributed by atoms with van der Waals surface area (Å²) < 4.78 is 42.8. The lowest BCUT2D eigenvalue weighted by Crippen LogP contribution is -2.16. The lowest BCUT2D eigenvalue weighted by atomic mass is 9.91. The highest BCUT2D eigenvalue weighted by molar-refractivity contribution is 5.86. The van der Waals surface area contributed by atoms with Gasteiger partial charge in [-0.25, -0.2) is 0 Å². The molecule has 1 aliphatic heterocycles. The first-order chi connectivity index (χ1) is 8.79. The number of benzene rings is 1. The zero-order valence-electron chi connectivity index (χ0n) is 10.0. The molecule has 0 amide bonds. The number of hydrogen-bond acceptors (Lipinski definition) is 3. The summed E-state index contributed by atoms with van der Waals surface area (Å²) in [6.45, 7) is 1.30. The fraction of sp³-hybridized carbons (Fsp3) is 0.385. The van der Waals surface area contributed by atoms with Crippen molar-refractivity contribution in [2.24, 2.45) is 5.92 Å². The average Bonchev–Trinajstić information content (AvgIpc) is 2.71. The fourth-order valence-corrected chi connectivity index (χ4v) is 2.11. The Morgan fingerprint density at radius 2 is 2.05 bits per heavy atom. The minimum absolute atomic E-state index is 0.0871. The fourth-order valence-electron chi connectivity index (χ4n) is 2.11. The molecule has 2 unspecified atom stereocenters. The van der Waals surface area contributed by atoms with Crippen LogP contribution in [0.1, 0.15) is 30.6 Å². The molecule has 1 aromatic rings. The number of cyclic esters (lactones) is 1. The van der Waals surface area contributed by atoms with Crippen LogP contribution in [0.3, 0.4) is 0 Å². The Bertz CT molecular complexity index is 522. The maximum Gasteiger partial charge on any atom is 0.416 e. The Hall–Kier alpha value is -1.85. The van der Waals surface area contributed by atoms with Crippen molar-refractivity contribution in [2.75, 3.05) is 0 Å². The first-order valence-electron chi connectivity index (χ1n) is 5.66. The minimum atomic E-state index is -4.47. The number of ketones is 1. The molecule has 2 atom stereocenters. The zero-order valence-corrected chi connectivity index (χ0v) is 10.0. The molecule has 3 nitrogen and oxygen atoms in total. The maximum absolute atomic E-state index is 12.6. The van der Waals surface area contributed by atoms with E-state index in [2.05, 4.69) is 0 Å². The van der Waals surface area contributed by atoms with Gasteiger partial charge in [0.05, 0.1) is 17.9 Å². The molecule has 1 fully saturated rings. The van der Waals surface area contributed by atoms with Crippen LogP contribution in [-0.2, 0) is 20.5 Å². The van der Waals surface area contributed by atoms with Gasteiger partial charge in [0.15, 0.2) is 0 Å². The van der Waals surface area contributed by atoms with Crippen LogP contribution in [0.2, 0.25) is 0 Å². The Labute approximate surface area is 107 Å². The third-order valence-corrected chi connectivity index (χ3v) is 3.08. The van der Waals surface area contributed by atoms with Crippen molar-refractivity contribution < 1.29 is 27.5 Å². The van der Waals surface area contributed by atoms with Crippen molar-refractivity contribution in [1.82, 2.24) is 0 Å². The molecule has 2 rings (SSSR count). The highest BCUT2D eigenvalue weighted by atomic mass is 19.4. The quantitative estimate of drug-likeness (QED) is 0.777. The molecule has 1 saturated heterocycles. The average molecular weight is 272 g/mol. The second kappa shape index (κ2) is 4.68. The number of halogens is 3. The van der Waals surface area contributed by atoms with E-state index in [9.17, 15) is 22.8 Å². The summed E-state index contributed by atoms with van der Waals surface area (Å²) in [5.41, 5.74) is -0.629. The largest absolute Gasteiger partial charge is 0.457 e. The molecule has 1 aromatic carbocycles. The predicted octanol–water partition coefficient (Wildman–Crippen LogP) is 2.90. The molecule has 0 aromatic heterocycles. The van der Waals surface area contributed by atoms with Crippen LogP contribution in [0.25, 0.3) is 0 Å². The summed E-state index contributed by atoms with van der Waals surface area (Å²) in [5, 5.41) is 0. The summed E-state index contributed by atoms with van der Waals surface area (Å²) in [6.07, 6.45) is -5.48. The second-order valence-corrected chi connectivity index (χ2v) is 4.45. The molecule has 0 radical (unpaired) electrons. The van der Waals surface area contributed by atoms with Gasteiger partial charge in [-0.2, -0.15) is 13.2 Å². The number of carbonyl (C=O) groups is 2. The molecule has 102 valence electrons. The number of ether oxygens (including phenoxy) is 1. The molecular weight excluding hydrogens is 261 g/mol. The van der Waals surface area contributed by atoms with E-state index >= 15 is 0 Å². The Morgan fingerprint density at radius 1 is 1.37 bits per heavy atom. The normalized spacial score (nSPS) is 23.3. The third-order valence-electron chi connectivity index (χ3n) is 3.08. The van der Waals surface area contributed by atoms with E-state index < -0.39 is 29.7 Å². The Kier molecular flexibility index (Phi) is 3.34. The predicted molar refractivity (Wildman–Crippen MR) is 59.1 cm³/mol. The standard InChI is InChI=1S/C13H11F3O3/c1-7(17)10-6-11(18)19-12(10)8-3-2-4-9(5-8)13(14,15)16/h2-5,10,12H,6H2,1H3. The van der Waals surface area contributed by atoms with Gasteiger partial charge in [-0.15, -0.1) is 0 Å². The van der Waals surface area contributed by atoms with Crippen LogP contribution in [0.4, 0.5) is 13.2 Å². The van der Waals surface area contributed by atoms with Gasteiger partial charge < -0.3 is 4.74 Å². The van der Waals surface area contributed by atoms with Crippen LogP contribution < -0.4 is 0 Å². The van der Waals surface area contributed by atoms with Gasteiger partial charge in [-0.05, 0) is 24.6 Å². The number of Topliss-reactive ketones (excluding diaryl/α,β-unsaturated/α-hetero) is 1. The molecule has 1 aliphatic rings. The Balaban J connectivity index is 2.36. The molecule has 1 heterocycles. The monoisotopic (exact) mass is 272 g/mol. The van der Waals surface area contributed by atoms with Crippen molar-refractivity contribution in [3.63, 3.8) is 0 Å². The van der Waals surface area contributed by atoms with Crippen molar-refractivity contribution >= 4 is 11.8 Å². The molecule has 19 heavy (non-hydrogen) atoms. The van der Waals surface area contributed by atoms with E-state index in [1.807, 2.05) is 0 Å². The summed E-state index contributed by atoms with van der Waals surface area (Å²) in [5.74, 6) is -1.55. The number of alkyl halides is 3. The first-order valence-corrected chi connectivity index (χ1v) is 5.66. The summed E-state index contributed by atoms with van der Waals surface area (Å²) in [6, 6.07) is 4.51. The van der Waals surface area contributed by atoms with Gasteiger partial charge in [0.1, 0.15) is 11.9 Å². The van der Waals surface area contributed by atoms with Crippen LogP contribution in [0.5, 0.6) is 0 Å². The van der Waals surface area contributed by atoms with Crippen molar-refractivity contribution in [3.8, 4) is 0 Å². The highest BCUT2D eigenvalue weighted by Gasteiger charge is 2.40. The highest BCUT2D eigenvalue weighted by Crippen LogP contribution is 2.38. The van der Waals surface area contributed by atoms with E-state index in [0.29, 0.717) is 0 Å². The lowest BCUT2D eigenvalue weighted by Gasteiger charge is -2.17. The van der Waals surface area contributed by atoms with E-state index in [0.717, 1.165) is 12.1 Å². The van der Waals surface area contributed by atoms with Crippen LogP contribution in [0, 0.1) is 5.92 Å². The van der Waals surface area contributed by atoms with Gasteiger partial charge in [0.25, 0.3) is 0 Å². The SMILES string of the molecule is CC(=O)C1CC(=O)OC1c1cccc(C(F)(F)F)c1. The van der Waals surface area contributed by atoms with Crippen molar-refractivity contribution in [3.05, 3.63) is 35.4 Å². The van der Waals surface area contributed by atoms with Crippen LogP contribution in [-0.4, -0.2) is 11.8 Å². The summed E-state index contributed by atoms with van der Waals surface area (Å²) in [4.78, 5) is 22.6. The van der Waals surface area contributed by atoms with Crippen LogP contribution in [0.15, 0.2) is 24.3 Å². The lowest BCUT2D eigenvalue weighted by molar-refractivity contribution is -0.141. The van der Waals surface area contributed by atoms with Gasteiger partial charge in [-0.3, -0.25) is 9.59 Å². The van der Waals surface area contributed by atoms with E-state index in [1.54, 1.807) is 0 Å². The maximum atomic E-state index is 12.6. The molecular formula is C13H11F3O3. The van der Waals surface area contributed by atoms with Gasteiger partial charge in [0.2, 0.25) is 0 Å². The zero-order chi connectivity index (χ0) is 14.2. The number of hydrogen-bond donors (Lipinski definition) is 0. The molecule has 0 N–H and O–H groups in total. The number of rotatable bonds is 2. The van der Waals surface area contributed by atoms with E-state index in [1.165, 1.54) is 19.1 Å². The topological polar surface area (TPSA) is 43.4 Å². The van der Waals surface area contributed by atoms with E-state index in [-0.39, 0.29) is 17.8 Å². The van der Waals surface area contributed by atoms with E-state index in [4.69, 9.17) is 4.74 Å². The molecule has 6 heteroatoms. The summed E-state index contributed by atoms with van der Waals surface area (Å²) >= 11 is 0. The third kappa shape index (κ3) is 2.77. The molecule has 0 saturated carbocycles. The van der Waals surface area contributed by atoms with Crippen molar-refractivity contribution in [2.45, 2.75) is 25.6 Å². The molecule has 0 aliphatic carbocycles. The number of carbonyl (C=O) groups excluding carboxylic acids is 2. The first kappa shape index (κ1) is 13.6. The summed E-state index contributed by atoms with van der Waals surface area (Å²) in [7, 11) is 0. The molecule has 0 spiro atoms. The second-order valence-electron chi connectivity index (χ2n) is 4.45. The smallest absolute Gasteiger partial charge is 0.416 e. The van der Waals surface area contributed by atoms with Gasteiger partial charge >= 0.3 is 12.1 Å². The Morgan fingerprint density at radius 3 is 2.63 bits per heavy atom. The number of esters is 1.